The van der Waals surface area contributed by atoms with Gasteiger partial charge in [0.25, 0.3) is 0 Å². The Balaban J connectivity index is 3.38. The summed E-state index contributed by atoms with van der Waals surface area (Å²) in [5, 5.41) is 0. The van der Waals surface area contributed by atoms with Crippen molar-refractivity contribution in [2.24, 2.45) is 0 Å². The van der Waals surface area contributed by atoms with Crippen molar-refractivity contribution in [3.8, 4) is 0 Å². The molecule has 2 heteroatoms. The van der Waals surface area contributed by atoms with E-state index in [0.29, 0.717) is 6.04 Å². The summed E-state index contributed by atoms with van der Waals surface area (Å²) < 4.78 is 0. The Morgan fingerprint density at radius 1 is 1.36 bits per heavy atom. The van der Waals surface area contributed by atoms with Crippen molar-refractivity contribution in [2.45, 2.75) is 59.1 Å². The maximum Gasteiger partial charge on any atom is 0.0813 e. The van der Waals surface area contributed by atoms with Crippen LogP contribution in [-0.4, -0.2) is 11.6 Å². The molecule has 0 aliphatic heterocycles. The zero-order chi connectivity index (χ0) is 8.91. The highest BCUT2D eigenvalue weighted by atomic mass is 16.7. The molecule has 1 atom stereocenters. The predicted octanol–water partition coefficient (Wildman–Crippen LogP) is 2.49. The van der Waals surface area contributed by atoms with E-state index in [1.165, 1.54) is 6.42 Å². The second kappa shape index (κ2) is 4.73. The van der Waals surface area contributed by atoms with E-state index < -0.39 is 0 Å². The molecule has 0 saturated heterocycles. The van der Waals surface area contributed by atoms with Gasteiger partial charge in [0, 0.05) is 6.04 Å². The van der Waals surface area contributed by atoms with Gasteiger partial charge in [0.2, 0.25) is 0 Å². The van der Waals surface area contributed by atoms with E-state index in [1.807, 2.05) is 20.8 Å². The van der Waals surface area contributed by atoms with Crippen LogP contribution in [0.2, 0.25) is 0 Å². The standard InChI is InChI=1S/C9H21NO/c1-6-7-8(2)10-11-9(3,4)5/h8,10H,6-7H2,1-5H3. The van der Waals surface area contributed by atoms with Crippen LogP contribution in [0.3, 0.4) is 0 Å². The van der Waals surface area contributed by atoms with Crippen LogP contribution < -0.4 is 5.48 Å². The fourth-order valence-electron chi connectivity index (χ4n) is 0.769. The molecule has 0 bridgehead atoms. The molecule has 0 radical (unpaired) electrons. The largest absolute Gasteiger partial charge is 0.296 e. The molecule has 0 aromatic rings. The summed E-state index contributed by atoms with van der Waals surface area (Å²) in [6.45, 7) is 10.4. The number of rotatable bonds is 4. The molecule has 0 aromatic carbocycles. The SMILES string of the molecule is CCCC(C)NOC(C)(C)C. The van der Waals surface area contributed by atoms with Crippen molar-refractivity contribution in [3.63, 3.8) is 0 Å². The molecule has 0 amide bonds. The van der Waals surface area contributed by atoms with Gasteiger partial charge in [0.15, 0.2) is 0 Å². The summed E-state index contributed by atoms with van der Waals surface area (Å²) in [6, 6.07) is 0.458. The molecule has 0 saturated carbocycles. The van der Waals surface area contributed by atoms with E-state index in [0.717, 1.165) is 6.42 Å². The lowest BCUT2D eigenvalue weighted by Gasteiger charge is -2.22. The summed E-state index contributed by atoms with van der Waals surface area (Å²) in [5.41, 5.74) is 2.94. The highest BCUT2D eigenvalue weighted by molar-refractivity contribution is 4.59. The van der Waals surface area contributed by atoms with Crippen LogP contribution in [0.5, 0.6) is 0 Å². The zero-order valence-electron chi connectivity index (χ0n) is 8.40. The van der Waals surface area contributed by atoms with Crippen LogP contribution in [0.25, 0.3) is 0 Å². The molecule has 0 fully saturated rings. The van der Waals surface area contributed by atoms with Gasteiger partial charge in [-0.25, -0.2) is 0 Å². The second-order valence-corrected chi connectivity index (χ2v) is 4.02. The molecule has 0 aliphatic carbocycles. The van der Waals surface area contributed by atoms with Crippen LogP contribution in [0, 0.1) is 0 Å². The highest BCUT2D eigenvalue weighted by Gasteiger charge is 2.11. The Morgan fingerprint density at radius 3 is 2.27 bits per heavy atom. The maximum absolute atomic E-state index is 5.39. The third-order valence-corrected chi connectivity index (χ3v) is 1.29. The van der Waals surface area contributed by atoms with Gasteiger partial charge in [0.05, 0.1) is 5.60 Å². The Hall–Kier alpha value is -0.0800. The van der Waals surface area contributed by atoms with E-state index in [9.17, 15) is 0 Å². The lowest BCUT2D eigenvalue weighted by molar-refractivity contribution is -0.0868. The molecule has 1 unspecified atom stereocenters. The number of hydrogen-bond acceptors (Lipinski definition) is 2. The van der Waals surface area contributed by atoms with Crippen LogP contribution in [-0.2, 0) is 4.84 Å². The summed E-state index contributed by atoms with van der Waals surface area (Å²) in [4.78, 5) is 5.39. The minimum atomic E-state index is -0.0813. The third kappa shape index (κ3) is 7.82. The Morgan fingerprint density at radius 2 is 1.91 bits per heavy atom. The lowest BCUT2D eigenvalue weighted by atomic mass is 10.2. The predicted molar refractivity (Wildman–Crippen MR) is 48.3 cm³/mol. The first-order valence-electron chi connectivity index (χ1n) is 4.39. The Kier molecular flexibility index (Phi) is 4.69. The van der Waals surface area contributed by atoms with E-state index >= 15 is 0 Å². The van der Waals surface area contributed by atoms with Gasteiger partial charge in [-0.2, -0.15) is 5.48 Å². The van der Waals surface area contributed by atoms with Gasteiger partial charge in [-0.05, 0) is 34.1 Å². The van der Waals surface area contributed by atoms with Crippen molar-refractivity contribution in [1.82, 2.24) is 5.48 Å². The van der Waals surface area contributed by atoms with Gasteiger partial charge in [-0.3, -0.25) is 4.84 Å². The van der Waals surface area contributed by atoms with Gasteiger partial charge in [0.1, 0.15) is 0 Å². The molecule has 11 heavy (non-hydrogen) atoms. The molecule has 0 spiro atoms. The minimum Gasteiger partial charge on any atom is -0.296 e. The fourth-order valence-corrected chi connectivity index (χ4v) is 0.769. The van der Waals surface area contributed by atoms with Crippen LogP contribution >= 0.6 is 0 Å². The van der Waals surface area contributed by atoms with Crippen molar-refractivity contribution < 1.29 is 4.84 Å². The maximum atomic E-state index is 5.39. The summed E-state index contributed by atoms with van der Waals surface area (Å²) in [7, 11) is 0. The first-order valence-corrected chi connectivity index (χ1v) is 4.39. The summed E-state index contributed by atoms with van der Waals surface area (Å²) in [5.74, 6) is 0. The molecule has 2 nitrogen and oxygen atoms in total. The van der Waals surface area contributed by atoms with Crippen molar-refractivity contribution in [3.05, 3.63) is 0 Å². The van der Waals surface area contributed by atoms with Gasteiger partial charge < -0.3 is 0 Å². The average molecular weight is 159 g/mol. The van der Waals surface area contributed by atoms with Crippen molar-refractivity contribution in [1.29, 1.82) is 0 Å². The zero-order valence-corrected chi connectivity index (χ0v) is 8.40. The molecule has 1 N–H and O–H groups in total. The smallest absolute Gasteiger partial charge is 0.0813 e. The summed E-state index contributed by atoms with van der Waals surface area (Å²) in [6.07, 6.45) is 2.36. The Labute approximate surface area is 70.3 Å². The fraction of sp³-hybridized carbons (Fsp3) is 1.00. The highest BCUT2D eigenvalue weighted by Crippen LogP contribution is 2.05. The molecular weight excluding hydrogens is 138 g/mol. The topological polar surface area (TPSA) is 21.3 Å². The van der Waals surface area contributed by atoms with Gasteiger partial charge in [-0.1, -0.05) is 13.3 Å². The molecule has 0 heterocycles. The van der Waals surface area contributed by atoms with E-state index in [2.05, 4.69) is 19.3 Å². The van der Waals surface area contributed by atoms with Crippen LogP contribution in [0.1, 0.15) is 47.5 Å². The number of nitrogens with one attached hydrogen (secondary N) is 1. The summed E-state index contributed by atoms with van der Waals surface area (Å²) >= 11 is 0. The normalized spacial score (nSPS) is 15.0. The molecule has 0 aliphatic rings. The number of hydrogen-bond donors (Lipinski definition) is 1. The lowest BCUT2D eigenvalue weighted by Crippen LogP contribution is -2.34. The Bertz CT molecular complexity index is 96.2. The quantitative estimate of drug-likeness (QED) is 0.636. The van der Waals surface area contributed by atoms with Crippen molar-refractivity contribution >= 4 is 0 Å². The van der Waals surface area contributed by atoms with Crippen molar-refractivity contribution in [2.75, 3.05) is 0 Å². The van der Waals surface area contributed by atoms with Crippen LogP contribution in [0.4, 0.5) is 0 Å². The first-order chi connectivity index (χ1) is 4.95. The van der Waals surface area contributed by atoms with Gasteiger partial charge in [-0.15, -0.1) is 0 Å². The van der Waals surface area contributed by atoms with E-state index in [1.54, 1.807) is 0 Å². The second-order valence-electron chi connectivity index (χ2n) is 4.02. The molecule has 0 rings (SSSR count). The van der Waals surface area contributed by atoms with Gasteiger partial charge >= 0.3 is 0 Å². The molecular formula is C9H21NO. The average Bonchev–Trinajstić information content (AvgIpc) is 1.83. The third-order valence-electron chi connectivity index (χ3n) is 1.29. The molecule has 0 aromatic heterocycles. The first kappa shape index (κ1) is 10.9. The van der Waals surface area contributed by atoms with E-state index in [-0.39, 0.29) is 5.60 Å². The van der Waals surface area contributed by atoms with E-state index in [4.69, 9.17) is 4.84 Å². The minimum absolute atomic E-state index is 0.0813. The van der Waals surface area contributed by atoms with Crippen LogP contribution in [0.15, 0.2) is 0 Å². The molecule has 68 valence electrons. The monoisotopic (exact) mass is 159 g/mol. The number of hydroxylamine groups is 1.